The number of ether oxygens (including phenoxy) is 1. The van der Waals surface area contributed by atoms with Gasteiger partial charge in [-0.25, -0.2) is 0 Å². The zero-order chi connectivity index (χ0) is 14.8. The van der Waals surface area contributed by atoms with E-state index in [0.29, 0.717) is 17.3 Å². The van der Waals surface area contributed by atoms with Crippen molar-refractivity contribution in [2.24, 2.45) is 0 Å². The zero-order valence-electron chi connectivity index (χ0n) is 11.3. The highest BCUT2D eigenvalue weighted by Gasteiger charge is 2.09. The number of fused-ring (bicyclic) bond motifs is 1. The van der Waals surface area contributed by atoms with E-state index in [-0.39, 0.29) is 0 Å². The highest BCUT2D eigenvalue weighted by molar-refractivity contribution is 7.19. The number of halogens is 2. The van der Waals surface area contributed by atoms with Gasteiger partial charge in [-0.05, 0) is 24.3 Å². The fourth-order valence-corrected chi connectivity index (χ4v) is 3.83. The molecular weight excluding hydrogens is 325 g/mol. The predicted molar refractivity (Wildman–Crippen MR) is 92.2 cm³/mol. The Labute approximate surface area is 137 Å². The molecule has 0 spiro atoms. The van der Waals surface area contributed by atoms with E-state index in [9.17, 15) is 0 Å². The lowest BCUT2D eigenvalue weighted by atomic mass is 10.2. The molecular formula is C16H13Cl2NOS. The highest BCUT2D eigenvalue weighted by Crippen LogP contribution is 2.36. The molecule has 3 aromatic rings. The Bertz CT molecular complexity index is 785. The molecule has 1 heterocycles. The number of anilines is 1. The minimum atomic E-state index is 0.588. The van der Waals surface area contributed by atoms with E-state index in [0.717, 1.165) is 21.0 Å². The van der Waals surface area contributed by atoms with Crippen LogP contribution in [-0.2, 0) is 6.54 Å². The average molecular weight is 338 g/mol. The van der Waals surface area contributed by atoms with Gasteiger partial charge in [-0.15, -0.1) is 11.3 Å². The third-order valence-electron chi connectivity index (χ3n) is 3.21. The molecule has 21 heavy (non-hydrogen) atoms. The summed E-state index contributed by atoms with van der Waals surface area (Å²) in [5, 5.41) is 5.86. The molecule has 0 bridgehead atoms. The van der Waals surface area contributed by atoms with Crippen molar-refractivity contribution in [2.75, 3.05) is 12.4 Å². The molecule has 1 aromatic heterocycles. The van der Waals surface area contributed by atoms with Crippen LogP contribution in [0.15, 0.2) is 42.5 Å². The van der Waals surface area contributed by atoms with Crippen LogP contribution in [0.3, 0.4) is 0 Å². The Hall–Kier alpha value is -1.42. The molecule has 0 saturated heterocycles. The molecule has 0 fully saturated rings. The number of hydrogen-bond donors (Lipinski definition) is 1. The minimum Gasteiger partial charge on any atom is -0.495 e. The molecule has 0 aliphatic rings. The number of thiophene rings is 1. The first kappa shape index (κ1) is 14.5. The lowest BCUT2D eigenvalue weighted by Gasteiger charge is -2.08. The van der Waals surface area contributed by atoms with Crippen LogP contribution in [0.2, 0.25) is 10.0 Å². The third-order valence-corrected chi connectivity index (χ3v) is 5.22. The summed E-state index contributed by atoms with van der Waals surface area (Å²) in [4.78, 5) is 1.12. The van der Waals surface area contributed by atoms with Crippen LogP contribution < -0.4 is 10.1 Å². The van der Waals surface area contributed by atoms with E-state index >= 15 is 0 Å². The maximum atomic E-state index is 6.43. The predicted octanol–water partition coefficient (Wildman–Crippen LogP) is 5.83. The van der Waals surface area contributed by atoms with Gasteiger partial charge in [0.1, 0.15) is 5.75 Å². The van der Waals surface area contributed by atoms with Gasteiger partial charge in [0.2, 0.25) is 0 Å². The summed E-state index contributed by atoms with van der Waals surface area (Å²) in [6.45, 7) is 0.667. The maximum Gasteiger partial charge on any atom is 0.137 e. The first-order chi connectivity index (χ1) is 10.2. The van der Waals surface area contributed by atoms with Crippen molar-refractivity contribution < 1.29 is 4.74 Å². The van der Waals surface area contributed by atoms with Crippen molar-refractivity contribution in [3.05, 3.63) is 57.4 Å². The van der Waals surface area contributed by atoms with Gasteiger partial charge in [0, 0.05) is 20.7 Å². The van der Waals surface area contributed by atoms with Crippen LogP contribution >= 0.6 is 34.5 Å². The molecule has 5 heteroatoms. The summed E-state index contributed by atoms with van der Waals surface area (Å²) in [7, 11) is 1.60. The van der Waals surface area contributed by atoms with Gasteiger partial charge in [-0.1, -0.05) is 41.4 Å². The van der Waals surface area contributed by atoms with Gasteiger partial charge in [0.15, 0.2) is 0 Å². The van der Waals surface area contributed by atoms with Gasteiger partial charge in [-0.2, -0.15) is 0 Å². The van der Waals surface area contributed by atoms with E-state index < -0.39 is 0 Å². The molecule has 2 nitrogen and oxygen atoms in total. The molecule has 108 valence electrons. The molecule has 2 aromatic carbocycles. The van der Waals surface area contributed by atoms with Crippen molar-refractivity contribution in [1.29, 1.82) is 0 Å². The molecule has 1 N–H and O–H groups in total. The van der Waals surface area contributed by atoms with Crippen LogP contribution in [0.25, 0.3) is 10.1 Å². The molecule has 0 aliphatic carbocycles. The van der Waals surface area contributed by atoms with Crippen molar-refractivity contribution in [3.8, 4) is 5.75 Å². The Kier molecular flexibility index (Phi) is 4.24. The number of methoxy groups -OCH3 is 1. The Morgan fingerprint density at radius 3 is 2.67 bits per heavy atom. The Morgan fingerprint density at radius 2 is 1.95 bits per heavy atom. The smallest absolute Gasteiger partial charge is 0.137 e. The third kappa shape index (κ3) is 2.95. The van der Waals surface area contributed by atoms with E-state index in [4.69, 9.17) is 27.9 Å². The molecule has 3 rings (SSSR count). The largest absolute Gasteiger partial charge is 0.495 e. The fraction of sp³-hybridized carbons (Fsp3) is 0.125. The lowest BCUT2D eigenvalue weighted by molar-refractivity contribution is 0.415. The van der Waals surface area contributed by atoms with Crippen molar-refractivity contribution >= 4 is 50.3 Å². The number of benzene rings is 2. The Morgan fingerprint density at radius 1 is 1.14 bits per heavy atom. The summed E-state index contributed by atoms with van der Waals surface area (Å²) in [5.74, 6) is 0.669. The second kappa shape index (κ2) is 6.14. The number of rotatable bonds is 4. The minimum absolute atomic E-state index is 0.588. The van der Waals surface area contributed by atoms with Crippen LogP contribution in [0, 0.1) is 0 Å². The first-order valence-electron chi connectivity index (χ1n) is 6.42. The lowest BCUT2D eigenvalue weighted by Crippen LogP contribution is -1.98. The molecule has 0 saturated carbocycles. The van der Waals surface area contributed by atoms with E-state index in [1.807, 2.05) is 36.4 Å². The van der Waals surface area contributed by atoms with Crippen LogP contribution in [0.1, 0.15) is 4.88 Å². The van der Waals surface area contributed by atoms with E-state index in [2.05, 4.69) is 11.4 Å². The standard InChI is InChI=1S/C16H13Cl2NOS/c1-20-13-7-6-10(8-12(13)17)19-9-15-16(18)11-4-2-3-5-14(11)21-15/h2-8,19H,9H2,1H3. The summed E-state index contributed by atoms with van der Waals surface area (Å²) >= 11 is 14.2. The van der Waals surface area contributed by atoms with Crippen LogP contribution in [0.5, 0.6) is 5.75 Å². The topological polar surface area (TPSA) is 21.3 Å². The second-order valence-corrected chi connectivity index (χ2v) is 6.46. The molecule has 0 radical (unpaired) electrons. The monoisotopic (exact) mass is 337 g/mol. The van der Waals surface area contributed by atoms with Crippen LogP contribution in [0.4, 0.5) is 5.69 Å². The Balaban J connectivity index is 1.80. The fourth-order valence-electron chi connectivity index (χ4n) is 2.14. The van der Waals surface area contributed by atoms with Crippen molar-refractivity contribution in [2.45, 2.75) is 6.54 Å². The highest BCUT2D eigenvalue weighted by atomic mass is 35.5. The summed E-state index contributed by atoms with van der Waals surface area (Å²) in [6, 6.07) is 13.8. The molecule has 0 amide bonds. The van der Waals surface area contributed by atoms with Crippen LogP contribution in [-0.4, -0.2) is 7.11 Å². The number of hydrogen-bond acceptors (Lipinski definition) is 3. The van der Waals surface area contributed by atoms with E-state index in [1.54, 1.807) is 18.4 Å². The second-order valence-electron chi connectivity index (χ2n) is 4.54. The van der Waals surface area contributed by atoms with Gasteiger partial charge in [0.05, 0.1) is 23.7 Å². The quantitative estimate of drug-likeness (QED) is 0.646. The van der Waals surface area contributed by atoms with E-state index in [1.165, 1.54) is 4.70 Å². The maximum absolute atomic E-state index is 6.43. The number of nitrogens with one attached hydrogen (secondary N) is 1. The molecule has 0 unspecified atom stereocenters. The van der Waals surface area contributed by atoms with Gasteiger partial charge in [0.25, 0.3) is 0 Å². The molecule has 0 aliphatic heterocycles. The van der Waals surface area contributed by atoms with Crippen molar-refractivity contribution in [3.63, 3.8) is 0 Å². The summed E-state index contributed by atoms with van der Waals surface area (Å²) < 4.78 is 6.34. The normalized spacial score (nSPS) is 10.8. The SMILES string of the molecule is COc1ccc(NCc2sc3ccccc3c2Cl)cc1Cl. The average Bonchev–Trinajstić information content (AvgIpc) is 2.82. The van der Waals surface area contributed by atoms with Gasteiger partial charge in [-0.3, -0.25) is 0 Å². The summed E-state index contributed by atoms with van der Waals surface area (Å²) in [6.07, 6.45) is 0. The van der Waals surface area contributed by atoms with Crippen molar-refractivity contribution in [1.82, 2.24) is 0 Å². The zero-order valence-corrected chi connectivity index (χ0v) is 13.6. The van der Waals surface area contributed by atoms with Gasteiger partial charge < -0.3 is 10.1 Å². The van der Waals surface area contributed by atoms with Gasteiger partial charge >= 0.3 is 0 Å². The first-order valence-corrected chi connectivity index (χ1v) is 7.99. The molecule has 0 atom stereocenters. The summed E-state index contributed by atoms with van der Waals surface area (Å²) in [5.41, 5.74) is 0.939.